The van der Waals surface area contributed by atoms with Gasteiger partial charge in [0.05, 0.1) is 6.61 Å². The lowest BCUT2D eigenvalue weighted by Gasteiger charge is -2.11. The molecule has 0 aliphatic rings. The summed E-state index contributed by atoms with van der Waals surface area (Å²) in [5.74, 6) is -1.84. The molecule has 0 radical (unpaired) electrons. The molecule has 0 fully saturated rings. The third kappa shape index (κ3) is 4.99. The Bertz CT molecular complexity index is 565. The number of ether oxygens (including phenoxy) is 1. The van der Waals surface area contributed by atoms with E-state index in [0.717, 1.165) is 18.6 Å². The Hall–Kier alpha value is -1.09. The maximum atomic E-state index is 14.2. The normalized spacial score (nSPS) is 11.8. The Morgan fingerprint density at radius 3 is 2.57 bits per heavy atom. The minimum Gasteiger partial charge on any atom is -0.383 e. The molecule has 0 unspecified atom stereocenters. The van der Waals surface area contributed by atoms with Crippen molar-refractivity contribution in [3.8, 4) is 0 Å². The summed E-state index contributed by atoms with van der Waals surface area (Å²) in [4.78, 5) is -0.562. The molecule has 0 saturated carbocycles. The second kappa shape index (κ2) is 8.38. The largest absolute Gasteiger partial charge is 0.383 e. The van der Waals surface area contributed by atoms with Crippen molar-refractivity contribution >= 4 is 10.0 Å². The van der Waals surface area contributed by atoms with Gasteiger partial charge in [-0.2, -0.15) is 0 Å². The van der Waals surface area contributed by atoms with Crippen molar-refractivity contribution < 1.29 is 21.9 Å². The number of halogens is 2. The second-order valence-corrected chi connectivity index (χ2v) is 6.14. The zero-order valence-corrected chi connectivity index (χ0v) is 12.9. The van der Waals surface area contributed by atoms with E-state index in [1.807, 2.05) is 6.92 Å². The number of hydrogen-bond donors (Lipinski definition) is 2. The maximum Gasteiger partial charge on any atom is 0.243 e. The third-order valence-corrected chi connectivity index (χ3v) is 4.25. The van der Waals surface area contributed by atoms with E-state index in [9.17, 15) is 17.2 Å². The predicted molar refractivity (Wildman–Crippen MR) is 75.4 cm³/mol. The predicted octanol–water partition coefficient (Wildman–Crippen LogP) is 1.39. The summed E-state index contributed by atoms with van der Waals surface area (Å²) < 4.78 is 58.7. The lowest BCUT2D eigenvalue weighted by atomic mass is 10.2. The van der Waals surface area contributed by atoms with E-state index in [1.54, 1.807) is 0 Å². The lowest BCUT2D eigenvalue weighted by molar-refractivity contribution is 0.204. The first-order chi connectivity index (χ1) is 9.94. The van der Waals surface area contributed by atoms with E-state index in [4.69, 9.17) is 4.74 Å². The zero-order valence-electron chi connectivity index (χ0n) is 12.1. The molecule has 0 aliphatic carbocycles. The molecule has 1 rings (SSSR count). The first-order valence-corrected chi connectivity index (χ1v) is 8.08. The van der Waals surface area contributed by atoms with E-state index in [-0.39, 0.29) is 25.3 Å². The van der Waals surface area contributed by atoms with E-state index in [2.05, 4.69) is 10.0 Å². The standard InChI is InChI=1S/C13H20F2N2O3S/c1-3-6-16-9-10-11(14)4-5-12(13(10)15)21(18,19)17-7-8-20-2/h4-5,16-17H,3,6-9H2,1-2H3. The average Bonchev–Trinajstić information content (AvgIpc) is 2.42. The molecule has 0 saturated heterocycles. The number of rotatable bonds is 9. The second-order valence-electron chi connectivity index (χ2n) is 4.41. The molecular formula is C13H20F2N2O3S. The van der Waals surface area contributed by atoms with Crippen LogP contribution in [0.1, 0.15) is 18.9 Å². The van der Waals surface area contributed by atoms with Crippen LogP contribution in [0.3, 0.4) is 0 Å². The van der Waals surface area contributed by atoms with Gasteiger partial charge in [0.15, 0.2) is 5.82 Å². The highest BCUT2D eigenvalue weighted by Crippen LogP contribution is 2.20. The SMILES string of the molecule is CCCNCc1c(F)ccc(S(=O)(=O)NCCOC)c1F. The van der Waals surface area contributed by atoms with Gasteiger partial charge >= 0.3 is 0 Å². The molecule has 2 N–H and O–H groups in total. The highest BCUT2D eigenvalue weighted by Gasteiger charge is 2.23. The van der Waals surface area contributed by atoms with Gasteiger partial charge < -0.3 is 10.1 Å². The van der Waals surface area contributed by atoms with Gasteiger partial charge in [0.25, 0.3) is 0 Å². The van der Waals surface area contributed by atoms with Crippen LogP contribution in [0.5, 0.6) is 0 Å². The van der Waals surface area contributed by atoms with Crippen LogP contribution in [0.15, 0.2) is 17.0 Å². The summed E-state index contributed by atoms with van der Waals surface area (Å²) in [6, 6.07) is 1.88. The number of hydrogen-bond acceptors (Lipinski definition) is 4. The van der Waals surface area contributed by atoms with Crippen LogP contribution < -0.4 is 10.0 Å². The minimum atomic E-state index is -4.03. The molecule has 0 bridgehead atoms. The molecule has 0 atom stereocenters. The van der Waals surface area contributed by atoms with Gasteiger partial charge in [-0.3, -0.25) is 0 Å². The minimum absolute atomic E-state index is 0.0130. The summed E-state index contributed by atoms with van der Waals surface area (Å²) in [6.07, 6.45) is 0.805. The fraction of sp³-hybridized carbons (Fsp3) is 0.538. The smallest absolute Gasteiger partial charge is 0.243 e. The molecule has 5 nitrogen and oxygen atoms in total. The zero-order chi connectivity index (χ0) is 15.9. The van der Waals surface area contributed by atoms with E-state index < -0.39 is 26.6 Å². The van der Waals surface area contributed by atoms with Crippen LogP contribution >= 0.6 is 0 Å². The molecule has 21 heavy (non-hydrogen) atoms. The Labute approximate surface area is 123 Å². The molecule has 0 aliphatic heterocycles. The summed E-state index contributed by atoms with van der Waals surface area (Å²) in [7, 11) is -2.61. The molecule has 0 amide bonds. The summed E-state index contributed by atoms with van der Waals surface area (Å²) in [5, 5.41) is 2.85. The van der Waals surface area contributed by atoms with Crippen molar-refractivity contribution in [1.29, 1.82) is 0 Å². The molecule has 0 aromatic heterocycles. The summed E-state index contributed by atoms with van der Waals surface area (Å²) in [5.41, 5.74) is -0.280. The molecular weight excluding hydrogens is 302 g/mol. The van der Waals surface area contributed by atoms with Crippen molar-refractivity contribution in [1.82, 2.24) is 10.0 Å². The fourth-order valence-corrected chi connectivity index (χ4v) is 2.81. The number of methoxy groups -OCH3 is 1. The average molecular weight is 322 g/mol. The van der Waals surface area contributed by atoms with Gasteiger partial charge in [-0.25, -0.2) is 21.9 Å². The van der Waals surface area contributed by atoms with Crippen LogP contribution in [0.4, 0.5) is 8.78 Å². The van der Waals surface area contributed by atoms with Crippen LogP contribution in [0.2, 0.25) is 0 Å². The van der Waals surface area contributed by atoms with Crippen molar-refractivity contribution in [3.05, 3.63) is 29.3 Å². The van der Waals surface area contributed by atoms with Gasteiger partial charge in [-0.05, 0) is 25.1 Å². The Balaban J connectivity index is 3.00. The van der Waals surface area contributed by atoms with Gasteiger partial charge in [0.2, 0.25) is 10.0 Å². The molecule has 0 spiro atoms. The molecule has 0 heterocycles. The fourth-order valence-electron chi connectivity index (χ4n) is 1.69. The Morgan fingerprint density at radius 1 is 1.24 bits per heavy atom. The molecule has 1 aromatic carbocycles. The van der Waals surface area contributed by atoms with Crippen LogP contribution in [-0.2, 0) is 21.3 Å². The first-order valence-electron chi connectivity index (χ1n) is 6.60. The van der Waals surface area contributed by atoms with Crippen molar-refractivity contribution in [2.75, 3.05) is 26.8 Å². The molecule has 120 valence electrons. The topological polar surface area (TPSA) is 67.4 Å². The van der Waals surface area contributed by atoms with Crippen molar-refractivity contribution in [2.45, 2.75) is 24.8 Å². The monoisotopic (exact) mass is 322 g/mol. The van der Waals surface area contributed by atoms with Crippen molar-refractivity contribution in [3.63, 3.8) is 0 Å². The number of nitrogens with one attached hydrogen (secondary N) is 2. The van der Waals surface area contributed by atoms with Gasteiger partial charge in [-0.1, -0.05) is 6.92 Å². The number of sulfonamides is 1. The summed E-state index contributed by atoms with van der Waals surface area (Å²) in [6.45, 7) is 2.61. The quantitative estimate of drug-likeness (QED) is 0.674. The molecule has 1 aromatic rings. The van der Waals surface area contributed by atoms with Crippen LogP contribution in [0, 0.1) is 11.6 Å². The Kier molecular flexibility index (Phi) is 7.16. The van der Waals surface area contributed by atoms with Gasteiger partial charge in [0, 0.05) is 25.8 Å². The first kappa shape index (κ1) is 18.0. The van der Waals surface area contributed by atoms with Crippen LogP contribution in [0.25, 0.3) is 0 Å². The number of benzene rings is 1. The van der Waals surface area contributed by atoms with Crippen molar-refractivity contribution in [2.24, 2.45) is 0 Å². The highest BCUT2D eigenvalue weighted by molar-refractivity contribution is 7.89. The van der Waals surface area contributed by atoms with Gasteiger partial charge in [0.1, 0.15) is 10.7 Å². The highest BCUT2D eigenvalue weighted by atomic mass is 32.2. The Morgan fingerprint density at radius 2 is 1.95 bits per heavy atom. The third-order valence-electron chi connectivity index (χ3n) is 2.77. The maximum absolute atomic E-state index is 14.2. The lowest BCUT2D eigenvalue weighted by Crippen LogP contribution is -2.28. The van der Waals surface area contributed by atoms with Crippen LogP contribution in [-0.4, -0.2) is 35.2 Å². The van der Waals surface area contributed by atoms with Gasteiger partial charge in [-0.15, -0.1) is 0 Å². The van der Waals surface area contributed by atoms with E-state index in [0.29, 0.717) is 6.54 Å². The van der Waals surface area contributed by atoms with E-state index in [1.165, 1.54) is 7.11 Å². The summed E-state index contributed by atoms with van der Waals surface area (Å²) >= 11 is 0. The molecule has 8 heteroatoms. The van der Waals surface area contributed by atoms with E-state index >= 15 is 0 Å².